The highest BCUT2D eigenvalue weighted by molar-refractivity contribution is 7.88. The fourth-order valence-electron chi connectivity index (χ4n) is 1.18. The number of hydrogen-bond acceptors (Lipinski definition) is 3. The minimum absolute atomic E-state index is 0.0425. The van der Waals surface area contributed by atoms with Crippen molar-refractivity contribution < 1.29 is 18.3 Å². The largest absolute Gasteiger partial charge is 0.481 e. The molecule has 0 radical (unpaired) electrons. The van der Waals surface area contributed by atoms with Gasteiger partial charge < -0.3 is 5.11 Å². The van der Waals surface area contributed by atoms with Crippen molar-refractivity contribution in [3.8, 4) is 0 Å². The SMILES string of the molecule is CC(C)CCN(CC(C)C(=O)O)S(C)(=O)=O. The molecule has 0 bridgehead atoms. The summed E-state index contributed by atoms with van der Waals surface area (Å²) in [7, 11) is -3.32. The van der Waals surface area contributed by atoms with E-state index in [0.29, 0.717) is 12.5 Å². The van der Waals surface area contributed by atoms with Crippen LogP contribution >= 0.6 is 0 Å². The van der Waals surface area contributed by atoms with Crippen LogP contribution in [-0.2, 0) is 14.8 Å². The van der Waals surface area contributed by atoms with Crippen LogP contribution < -0.4 is 0 Å². The lowest BCUT2D eigenvalue weighted by Crippen LogP contribution is -2.37. The number of aliphatic carboxylic acids is 1. The van der Waals surface area contributed by atoms with E-state index in [0.717, 1.165) is 12.7 Å². The highest BCUT2D eigenvalue weighted by Gasteiger charge is 2.22. The quantitative estimate of drug-likeness (QED) is 0.733. The fourth-order valence-corrected chi connectivity index (χ4v) is 2.11. The molecule has 16 heavy (non-hydrogen) atoms. The second-order valence-electron chi connectivity index (χ2n) is 4.54. The Morgan fingerprint density at radius 3 is 2.12 bits per heavy atom. The Hall–Kier alpha value is -0.620. The first-order chi connectivity index (χ1) is 7.14. The second-order valence-corrected chi connectivity index (χ2v) is 6.53. The van der Waals surface area contributed by atoms with E-state index in [9.17, 15) is 13.2 Å². The minimum Gasteiger partial charge on any atom is -0.481 e. The summed E-state index contributed by atoms with van der Waals surface area (Å²) in [6, 6.07) is 0. The molecule has 0 aliphatic carbocycles. The van der Waals surface area contributed by atoms with Gasteiger partial charge in [-0.2, -0.15) is 0 Å². The second kappa shape index (κ2) is 6.20. The van der Waals surface area contributed by atoms with Gasteiger partial charge in [0.25, 0.3) is 0 Å². The molecule has 0 heterocycles. The van der Waals surface area contributed by atoms with Gasteiger partial charge in [0.05, 0.1) is 12.2 Å². The normalized spacial score (nSPS) is 14.4. The van der Waals surface area contributed by atoms with Gasteiger partial charge in [0.15, 0.2) is 0 Å². The average molecular weight is 251 g/mol. The fraction of sp³-hybridized carbons (Fsp3) is 0.900. The molecular weight excluding hydrogens is 230 g/mol. The van der Waals surface area contributed by atoms with Crippen LogP contribution in [0, 0.1) is 11.8 Å². The van der Waals surface area contributed by atoms with Gasteiger partial charge in [-0.3, -0.25) is 4.79 Å². The first kappa shape index (κ1) is 15.4. The molecule has 0 aromatic rings. The molecule has 0 rings (SSSR count). The van der Waals surface area contributed by atoms with Gasteiger partial charge in [-0.15, -0.1) is 0 Å². The predicted molar refractivity (Wildman–Crippen MR) is 62.7 cm³/mol. The zero-order chi connectivity index (χ0) is 12.9. The molecule has 0 amide bonds. The Morgan fingerprint density at radius 1 is 1.31 bits per heavy atom. The molecule has 96 valence electrons. The molecular formula is C10H21NO4S. The van der Waals surface area contributed by atoms with Crippen molar-refractivity contribution in [2.45, 2.75) is 27.2 Å². The third kappa shape index (κ3) is 6.07. The van der Waals surface area contributed by atoms with Gasteiger partial charge in [-0.1, -0.05) is 20.8 Å². The smallest absolute Gasteiger partial charge is 0.307 e. The summed E-state index contributed by atoms with van der Waals surface area (Å²) in [5.74, 6) is -1.26. The molecule has 0 aromatic heterocycles. The van der Waals surface area contributed by atoms with E-state index in [2.05, 4.69) is 0 Å². The van der Waals surface area contributed by atoms with Crippen LogP contribution in [0.1, 0.15) is 27.2 Å². The molecule has 0 aromatic carbocycles. The first-order valence-corrected chi connectivity index (χ1v) is 7.17. The van der Waals surface area contributed by atoms with Crippen molar-refractivity contribution in [3.05, 3.63) is 0 Å². The van der Waals surface area contributed by atoms with Crippen molar-refractivity contribution in [1.82, 2.24) is 4.31 Å². The van der Waals surface area contributed by atoms with Gasteiger partial charge in [0, 0.05) is 13.1 Å². The lowest BCUT2D eigenvalue weighted by Gasteiger charge is -2.22. The molecule has 1 unspecified atom stereocenters. The molecule has 0 fully saturated rings. The highest BCUT2D eigenvalue weighted by atomic mass is 32.2. The maximum Gasteiger partial charge on any atom is 0.307 e. The molecule has 0 aliphatic heterocycles. The summed E-state index contributed by atoms with van der Waals surface area (Å²) in [6.07, 6.45) is 1.85. The summed E-state index contributed by atoms with van der Waals surface area (Å²) in [4.78, 5) is 10.7. The number of carboxylic acid groups (broad SMARTS) is 1. The van der Waals surface area contributed by atoms with Crippen LogP contribution in [0.5, 0.6) is 0 Å². The Kier molecular flexibility index (Phi) is 5.96. The van der Waals surface area contributed by atoms with Crippen molar-refractivity contribution in [3.63, 3.8) is 0 Å². The molecule has 1 N–H and O–H groups in total. The number of nitrogens with zero attached hydrogens (tertiary/aromatic N) is 1. The number of carbonyl (C=O) groups is 1. The Labute approximate surface area is 97.5 Å². The van der Waals surface area contributed by atoms with Gasteiger partial charge in [0.2, 0.25) is 10.0 Å². The van der Waals surface area contributed by atoms with E-state index in [1.165, 1.54) is 11.2 Å². The highest BCUT2D eigenvalue weighted by Crippen LogP contribution is 2.09. The number of carboxylic acids is 1. The van der Waals surface area contributed by atoms with Crippen molar-refractivity contribution in [2.75, 3.05) is 19.3 Å². The third-order valence-corrected chi connectivity index (χ3v) is 3.59. The monoisotopic (exact) mass is 251 g/mol. The molecule has 0 spiro atoms. The number of hydrogen-bond donors (Lipinski definition) is 1. The molecule has 0 aliphatic rings. The topological polar surface area (TPSA) is 74.7 Å². The maximum absolute atomic E-state index is 11.4. The van der Waals surface area contributed by atoms with Crippen molar-refractivity contribution >= 4 is 16.0 Å². The molecule has 5 nitrogen and oxygen atoms in total. The number of rotatable bonds is 7. The Morgan fingerprint density at radius 2 is 1.81 bits per heavy atom. The Bertz CT molecular complexity index is 324. The standard InChI is InChI=1S/C10H21NO4S/c1-8(2)5-6-11(16(4,14)15)7-9(3)10(12)13/h8-9H,5-7H2,1-4H3,(H,12,13). The van der Waals surface area contributed by atoms with E-state index in [-0.39, 0.29) is 6.54 Å². The van der Waals surface area contributed by atoms with Crippen LogP contribution in [0.15, 0.2) is 0 Å². The average Bonchev–Trinajstić information content (AvgIpc) is 2.09. The molecule has 0 saturated carbocycles. The van der Waals surface area contributed by atoms with Crippen LogP contribution in [-0.4, -0.2) is 43.1 Å². The summed E-state index contributed by atoms with van der Waals surface area (Å²) < 4.78 is 24.1. The summed E-state index contributed by atoms with van der Waals surface area (Å²) in [6.45, 7) is 5.94. The van der Waals surface area contributed by atoms with Crippen molar-refractivity contribution in [1.29, 1.82) is 0 Å². The van der Waals surface area contributed by atoms with Gasteiger partial charge in [0.1, 0.15) is 0 Å². The molecule has 1 atom stereocenters. The minimum atomic E-state index is -3.32. The zero-order valence-corrected chi connectivity index (χ0v) is 11.1. The summed E-state index contributed by atoms with van der Waals surface area (Å²) >= 11 is 0. The maximum atomic E-state index is 11.4. The first-order valence-electron chi connectivity index (χ1n) is 5.32. The Balaban J connectivity index is 4.52. The van der Waals surface area contributed by atoms with Gasteiger partial charge in [-0.05, 0) is 12.3 Å². The van der Waals surface area contributed by atoms with Crippen LogP contribution in [0.3, 0.4) is 0 Å². The van der Waals surface area contributed by atoms with Crippen molar-refractivity contribution in [2.24, 2.45) is 11.8 Å². The van der Waals surface area contributed by atoms with Crippen LogP contribution in [0.25, 0.3) is 0 Å². The predicted octanol–water partition coefficient (Wildman–Crippen LogP) is 1.01. The third-order valence-electron chi connectivity index (χ3n) is 2.32. The van der Waals surface area contributed by atoms with Crippen LogP contribution in [0.2, 0.25) is 0 Å². The lowest BCUT2D eigenvalue weighted by atomic mass is 10.1. The van der Waals surface area contributed by atoms with E-state index < -0.39 is 21.9 Å². The van der Waals surface area contributed by atoms with E-state index in [1.807, 2.05) is 13.8 Å². The number of sulfonamides is 1. The van der Waals surface area contributed by atoms with E-state index >= 15 is 0 Å². The summed E-state index contributed by atoms with van der Waals surface area (Å²) in [5.41, 5.74) is 0. The summed E-state index contributed by atoms with van der Waals surface area (Å²) in [5, 5.41) is 8.75. The zero-order valence-electron chi connectivity index (χ0n) is 10.3. The van der Waals surface area contributed by atoms with Gasteiger partial charge >= 0.3 is 5.97 Å². The van der Waals surface area contributed by atoms with E-state index in [4.69, 9.17) is 5.11 Å². The molecule has 0 saturated heterocycles. The van der Waals surface area contributed by atoms with Crippen LogP contribution in [0.4, 0.5) is 0 Å². The molecule has 6 heteroatoms. The van der Waals surface area contributed by atoms with Gasteiger partial charge in [-0.25, -0.2) is 12.7 Å². The van der Waals surface area contributed by atoms with E-state index in [1.54, 1.807) is 0 Å². The lowest BCUT2D eigenvalue weighted by molar-refractivity contribution is -0.141.